The second kappa shape index (κ2) is 9.76. The third-order valence-electron chi connectivity index (χ3n) is 3.97. The first kappa shape index (κ1) is 22.5. The van der Waals surface area contributed by atoms with Crippen LogP contribution >= 0.6 is 35.0 Å². The molecule has 5 nitrogen and oxygen atoms in total. The van der Waals surface area contributed by atoms with Gasteiger partial charge in [-0.05, 0) is 36.2 Å². The third-order valence-corrected chi connectivity index (χ3v) is 5.49. The molecule has 1 N–H and O–H groups in total. The Balaban J connectivity index is 1.78. The van der Waals surface area contributed by atoms with Gasteiger partial charge >= 0.3 is 0 Å². The maximum Gasteiger partial charge on any atom is 0.234 e. The largest absolute Gasteiger partial charge is 0.323 e. The molecule has 0 atom stereocenters. The highest BCUT2D eigenvalue weighted by atomic mass is 35.5. The first-order valence-corrected chi connectivity index (χ1v) is 10.7. The van der Waals surface area contributed by atoms with Gasteiger partial charge in [0.15, 0.2) is 11.0 Å². The minimum Gasteiger partial charge on any atom is -0.323 e. The van der Waals surface area contributed by atoms with Crippen LogP contribution in [-0.4, -0.2) is 26.4 Å². The van der Waals surface area contributed by atoms with Crippen molar-refractivity contribution in [2.75, 3.05) is 11.1 Å². The average Bonchev–Trinajstić information content (AvgIpc) is 3.04. The maximum absolute atomic E-state index is 13.7. The van der Waals surface area contributed by atoms with Crippen LogP contribution in [0.1, 0.15) is 13.8 Å². The van der Waals surface area contributed by atoms with E-state index in [2.05, 4.69) is 15.5 Å². The van der Waals surface area contributed by atoms with Gasteiger partial charge in [-0.3, -0.25) is 4.79 Å². The molecule has 1 aromatic heterocycles. The van der Waals surface area contributed by atoms with Gasteiger partial charge in [-0.2, -0.15) is 0 Å². The number of hydrogen-bond acceptors (Lipinski definition) is 4. The first-order chi connectivity index (χ1) is 14.2. The number of amides is 1. The van der Waals surface area contributed by atoms with Gasteiger partial charge in [0.05, 0.1) is 16.5 Å². The standard InChI is InChI=1S/C20H18Cl2F2N4OS/c1-11(2)9-28-19(14-5-3-12(21)7-15(14)22)26-27-20(28)30-10-18(29)25-17-6-4-13(23)8-16(17)24/h3-8,11H,9-10H2,1-2H3,(H,25,29). The Kier molecular flexibility index (Phi) is 7.33. The molecule has 3 aromatic rings. The minimum atomic E-state index is -0.837. The number of halogens is 4. The summed E-state index contributed by atoms with van der Waals surface area (Å²) in [5, 5.41) is 12.4. The van der Waals surface area contributed by atoms with Crippen molar-refractivity contribution in [3.8, 4) is 11.4 Å². The lowest BCUT2D eigenvalue weighted by Crippen LogP contribution is -2.16. The van der Waals surface area contributed by atoms with Crippen LogP contribution in [0.5, 0.6) is 0 Å². The zero-order valence-electron chi connectivity index (χ0n) is 16.1. The monoisotopic (exact) mass is 470 g/mol. The van der Waals surface area contributed by atoms with E-state index in [0.717, 1.165) is 17.8 Å². The summed E-state index contributed by atoms with van der Waals surface area (Å²) in [4.78, 5) is 12.2. The average molecular weight is 471 g/mol. The van der Waals surface area contributed by atoms with E-state index < -0.39 is 17.5 Å². The molecule has 0 spiro atoms. The predicted octanol–water partition coefficient (Wildman–Crippen LogP) is 5.92. The normalized spacial score (nSPS) is 11.2. The lowest BCUT2D eigenvalue weighted by Gasteiger charge is -2.13. The van der Waals surface area contributed by atoms with Crippen LogP contribution in [0.2, 0.25) is 10.0 Å². The zero-order chi connectivity index (χ0) is 21.8. The van der Waals surface area contributed by atoms with E-state index in [1.807, 2.05) is 18.4 Å². The number of nitrogens with one attached hydrogen (secondary N) is 1. The molecule has 1 amide bonds. The molecule has 0 aliphatic carbocycles. The quantitative estimate of drug-likeness (QED) is 0.435. The number of benzene rings is 2. The Morgan fingerprint density at radius 1 is 1.17 bits per heavy atom. The van der Waals surface area contributed by atoms with Crippen LogP contribution in [0.3, 0.4) is 0 Å². The minimum absolute atomic E-state index is 0.0264. The van der Waals surface area contributed by atoms with Crippen molar-refractivity contribution in [1.29, 1.82) is 0 Å². The van der Waals surface area contributed by atoms with E-state index in [9.17, 15) is 13.6 Å². The van der Waals surface area contributed by atoms with E-state index >= 15 is 0 Å². The van der Waals surface area contributed by atoms with Crippen LogP contribution < -0.4 is 5.32 Å². The Morgan fingerprint density at radius 3 is 2.60 bits per heavy atom. The zero-order valence-corrected chi connectivity index (χ0v) is 18.5. The number of aromatic nitrogens is 3. The number of anilines is 1. The van der Waals surface area contributed by atoms with Crippen molar-refractivity contribution in [2.24, 2.45) is 5.92 Å². The summed E-state index contributed by atoms with van der Waals surface area (Å²) in [6, 6.07) is 8.08. The number of rotatable bonds is 7. The number of hydrogen-bond donors (Lipinski definition) is 1. The molecule has 0 fully saturated rings. The van der Waals surface area contributed by atoms with Gasteiger partial charge in [0, 0.05) is 23.2 Å². The summed E-state index contributed by atoms with van der Waals surface area (Å²) < 4.78 is 28.6. The number of carbonyl (C=O) groups excluding carboxylic acids is 1. The van der Waals surface area contributed by atoms with Gasteiger partial charge in [-0.15, -0.1) is 10.2 Å². The molecule has 2 aromatic carbocycles. The lowest BCUT2D eigenvalue weighted by atomic mass is 10.2. The molecule has 0 radical (unpaired) electrons. The molecule has 1 heterocycles. The summed E-state index contributed by atoms with van der Waals surface area (Å²) in [5.74, 6) is -1.17. The highest BCUT2D eigenvalue weighted by Gasteiger charge is 2.19. The van der Waals surface area contributed by atoms with Gasteiger partial charge in [-0.25, -0.2) is 8.78 Å². The van der Waals surface area contributed by atoms with Gasteiger partial charge in [0.2, 0.25) is 5.91 Å². The van der Waals surface area contributed by atoms with Crippen LogP contribution in [-0.2, 0) is 11.3 Å². The van der Waals surface area contributed by atoms with Crippen molar-refractivity contribution in [1.82, 2.24) is 14.8 Å². The van der Waals surface area contributed by atoms with Crippen LogP contribution in [0.4, 0.5) is 14.5 Å². The van der Waals surface area contributed by atoms with E-state index in [1.165, 1.54) is 6.07 Å². The number of nitrogens with zero attached hydrogens (tertiary/aromatic N) is 3. The number of carbonyl (C=O) groups is 1. The van der Waals surface area contributed by atoms with Crippen molar-refractivity contribution < 1.29 is 13.6 Å². The van der Waals surface area contributed by atoms with Crippen LogP contribution in [0.15, 0.2) is 41.6 Å². The summed E-state index contributed by atoms with van der Waals surface area (Å²) in [7, 11) is 0. The molecule has 0 saturated heterocycles. The van der Waals surface area contributed by atoms with Crippen LogP contribution in [0.25, 0.3) is 11.4 Å². The molecule has 0 aliphatic heterocycles. The highest BCUT2D eigenvalue weighted by molar-refractivity contribution is 7.99. The topological polar surface area (TPSA) is 59.8 Å². The highest BCUT2D eigenvalue weighted by Crippen LogP contribution is 2.32. The fourth-order valence-electron chi connectivity index (χ4n) is 2.70. The number of thioether (sulfide) groups is 1. The van der Waals surface area contributed by atoms with Crippen LogP contribution in [0, 0.1) is 17.6 Å². The lowest BCUT2D eigenvalue weighted by molar-refractivity contribution is -0.113. The van der Waals surface area contributed by atoms with Gasteiger partial charge in [0.25, 0.3) is 0 Å². The Hall–Kier alpha value is -2.16. The molecule has 10 heteroatoms. The van der Waals surface area contributed by atoms with Gasteiger partial charge < -0.3 is 9.88 Å². The maximum atomic E-state index is 13.7. The first-order valence-electron chi connectivity index (χ1n) is 9.01. The second-order valence-corrected chi connectivity index (χ2v) is 8.68. The van der Waals surface area contributed by atoms with E-state index in [4.69, 9.17) is 23.2 Å². The van der Waals surface area contributed by atoms with Gasteiger partial charge in [0.1, 0.15) is 11.6 Å². The van der Waals surface area contributed by atoms with E-state index in [1.54, 1.807) is 18.2 Å². The molecule has 158 valence electrons. The summed E-state index contributed by atoms with van der Waals surface area (Å²) >= 11 is 13.5. The van der Waals surface area contributed by atoms with Crippen molar-refractivity contribution >= 4 is 46.6 Å². The van der Waals surface area contributed by atoms with Crippen molar-refractivity contribution in [3.63, 3.8) is 0 Å². The second-order valence-electron chi connectivity index (χ2n) is 6.90. The Labute approximate surface area is 186 Å². The van der Waals surface area contributed by atoms with Crippen molar-refractivity contribution in [2.45, 2.75) is 25.5 Å². The summed E-state index contributed by atoms with van der Waals surface area (Å²) in [6.45, 7) is 4.70. The molecule has 3 rings (SSSR count). The smallest absolute Gasteiger partial charge is 0.234 e. The van der Waals surface area contributed by atoms with E-state index in [0.29, 0.717) is 39.2 Å². The molecule has 30 heavy (non-hydrogen) atoms. The predicted molar refractivity (Wildman–Crippen MR) is 116 cm³/mol. The van der Waals surface area contributed by atoms with E-state index in [-0.39, 0.29) is 17.4 Å². The molecule has 0 saturated carbocycles. The summed E-state index contributed by atoms with van der Waals surface area (Å²) in [6.07, 6.45) is 0. The molecule has 0 bridgehead atoms. The van der Waals surface area contributed by atoms with Gasteiger partial charge in [-0.1, -0.05) is 48.8 Å². The Bertz CT molecular complexity index is 1070. The third kappa shape index (κ3) is 5.50. The fourth-order valence-corrected chi connectivity index (χ4v) is 3.94. The molecule has 0 unspecified atom stereocenters. The SMILES string of the molecule is CC(C)Cn1c(SCC(=O)Nc2ccc(F)cc2F)nnc1-c1ccc(Cl)cc1Cl. The van der Waals surface area contributed by atoms with Crippen molar-refractivity contribution in [3.05, 3.63) is 58.1 Å². The fraction of sp³-hybridized carbons (Fsp3) is 0.250. The molecular formula is C20H18Cl2F2N4OS. The summed E-state index contributed by atoms with van der Waals surface area (Å²) in [5.41, 5.74) is 0.596. The molecule has 0 aliphatic rings. The Morgan fingerprint density at radius 2 is 1.93 bits per heavy atom. The molecular weight excluding hydrogens is 453 g/mol.